The molecule has 0 saturated heterocycles. The Morgan fingerprint density at radius 1 is 1.07 bits per heavy atom. The van der Waals surface area contributed by atoms with E-state index >= 15 is 0 Å². The molecule has 0 aromatic heterocycles. The van der Waals surface area contributed by atoms with Crippen LogP contribution in [0.15, 0.2) is 30.3 Å². The molecule has 15 heavy (non-hydrogen) atoms. The minimum Gasteiger partial charge on any atom is -0.285 e. The highest BCUT2D eigenvalue weighted by Gasteiger charge is 2.22. The number of nitrogens with zero attached hydrogens (tertiary/aromatic N) is 1. The maximum absolute atomic E-state index is 2.45. The van der Waals surface area contributed by atoms with Crippen molar-refractivity contribution in [3.8, 4) is 0 Å². The van der Waals surface area contributed by atoms with Crippen molar-refractivity contribution >= 4 is 21.5 Å². The van der Waals surface area contributed by atoms with Gasteiger partial charge in [0.15, 0.2) is 0 Å². The maximum Gasteiger partial charge on any atom is 0.0504 e. The Bertz CT molecular complexity index is 292. The summed E-state index contributed by atoms with van der Waals surface area (Å²) >= 11 is 0. The first-order chi connectivity index (χ1) is 6.90. The fourth-order valence-electron chi connectivity index (χ4n) is 1.51. The van der Waals surface area contributed by atoms with Crippen molar-refractivity contribution in [3.63, 3.8) is 0 Å². The van der Waals surface area contributed by atoms with Crippen LogP contribution in [0.2, 0.25) is 19.6 Å². The van der Waals surface area contributed by atoms with Crippen LogP contribution in [0.25, 0.3) is 0 Å². The van der Waals surface area contributed by atoms with Crippen LogP contribution in [0.3, 0.4) is 0 Å². The first-order valence-electron chi connectivity index (χ1n) is 5.40. The van der Waals surface area contributed by atoms with E-state index in [1.807, 2.05) is 0 Å². The molecule has 0 aliphatic carbocycles. The molecule has 1 atom stereocenters. The lowest BCUT2D eigenvalue weighted by Crippen LogP contribution is -2.31. The standard InChI is InChI=1S/C12H22NPSi/c1-13(2)14(11-15(3,4)5)12-9-7-6-8-10-12/h6-10H,11H2,1-5H3. The van der Waals surface area contributed by atoms with Crippen molar-refractivity contribution in [2.24, 2.45) is 0 Å². The predicted octanol–water partition coefficient (Wildman–Crippen LogP) is 3.15. The van der Waals surface area contributed by atoms with E-state index in [0.29, 0.717) is 0 Å². The van der Waals surface area contributed by atoms with Crippen molar-refractivity contribution in [2.75, 3.05) is 19.9 Å². The molecule has 0 heterocycles. The number of hydrogen-bond acceptors (Lipinski definition) is 1. The highest BCUT2D eigenvalue weighted by Crippen LogP contribution is 2.38. The zero-order valence-electron chi connectivity index (χ0n) is 10.5. The molecule has 3 heteroatoms. The van der Waals surface area contributed by atoms with E-state index in [9.17, 15) is 0 Å². The van der Waals surface area contributed by atoms with Crippen molar-refractivity contribution in [2.45, 2.75) is 19.6 Å². The van der Waals surface area contributed by atoms with Crippen LogP contribution >= 0.6 is 8.07 Å². The van der Waals surface area contributed by atoms with Gasteiger partial charge in [-0.05, 0) is 33.3 Å². The summed E-state index contributed by atoms with van der Waals surface area (Å²) < 4.78 is 2.41. The molecule has 1 unspecified atom stereocenters. The summed E-state index contributed by atoms with van der Waals surface area (Å²) in [7, 11) is 3.33. The zero-order valence-corrected chi connectivity index (χ0v) is 12.4. The minimum absolute atomic E-state index is 0.108. The fourth-order valence-corrected chi connectivity index (χ4v) is 7.95. The second-order valence-electron chi connectivity index (χ2n) is 5.30. The molecular weight excluding hydrogens is 217 g/mol. The molecule has 1 rings (SSSR count). The Labute approximate surface area is 96.3 Å². The first kappa shape index (κ1) is 12.9. The van der Waals surface area contributed by atoms with E-state index in [1.165, 1.54) is 11.1 Å². The normalized spacial score (nSPS) is 14.3. The highest BCUT2D eigenvalue weighted by molar-refractivity contribution is 7.65. The topological polar surface area (TPSA) is 3.24 Å². The van der Waals surface area contributed by atoms with Crippen LogP contribution in [0.5, 0.6) is 0 Å². The van der Waals surface area contributed by atoms with Crippen LogP contribution in [-0.4, -0.2) is 32.6 Å². The molecule has 0 aliphatic rings. The van der Waals surface area contributed by atoms with Gasteiger partial charge in [-0.2, -0.15) is 0 Å². The molecule has 0 amide bonds. The van der Waals surface area contributed by atoms with E-state index in [4.69, 9.17) is 0 Å². The lowest BCUT2D eigenvalue weighted by Gasteiger charge is -2.30. The Morgan fingerprint density at radius 2 is 1.60 bits per heavy atom. The summed E-state index contributed by atoms with van der Waals surface area (Å²) in [5.41, 5.74) is 0. The molecule has 1 nitrogen and oxygen atoms in total. The lowest BCUT2D eigenvalue weighted by atomic mass is 10.4. The van der Waals surface area contributed by atoms with Crippen LogP contribution in [0, 0.1) is 0 Å². The third-order valence-corrected chi connectivity index (χ3v) is 9.01. The third-order valence-electron chi connectivity index (χ3n) is 2.16. The second kappa shape index (κ2) is 5.24. The van der Waals surface area contributed by atoms with Crippen molar-refractivity contribution < 1.29 is 0 Å². The van der Waals surface area contributed by atoms with Gasteiger partial charge < -0.3 is 0 Å². The molecule has 0 fully saturated rings. The smallest absolute Gasteiger partial charge is 0.0504 e. The fraction of sp³-hybridized carbons (Fsp3) is 0.500. The molecule has 0 N–H and O–H groups in total. The summed E-state index contributed by atoms with van der Waals surface area (Å²) in [5, 5.41) is 1.51. The van der Waals surface area contributed by atoms with Crippen LogP contribution in [-0.2, 0) is 0 Å². The van der Waals surface area contributed by atoms with Crippen molar-refractivity contribution in [1.82, 2.24) is 4.67 Å². The van der Waals surface area contributed by atoms with Gasteiger partial charge in [0, 0.05) is 0 Å². The van der Waals surface area contributed by atoms with Crippen molar-refractivity contribution in [3.05, 3.63) is 30.3 Å². The van der Waals surface area contributed by atoms with Gasteiger partial charge in [-0.25, -0.2) is 0 Å². The summed E-state index contributed by atoms with van der Waals surface area (Å²) in [5.74, 6) is 1.39. The average molecular weight is 239 g/mol. The van der Waals surface area contributed by atoms with Crippen LogP contribution in [0.4, 0.5) is 0 Å². The van der Waals surface area contributed by atoms with Gasteiger partial charge in [-0.15, -0.1) is 0 Å². The first-order valence-corrected chi connectivity index (χ1v) is 10.6. The van der Waals surface area contributed by atoms with Gasteiger partial charge in [0.05, 0.1) is 8.07 Å². The molecule has 0 saturated carbocycles. The Hall–Kier alpha value is -0.173. The van der Waals surface area contributed by atoms with E-state index in [1.54, 1.807) is 0 Å². The molecule has 0 aliphatic heterocycles. The van der Waals surface area contributed by atoms with Gasteiger partial charge in [0.1, 0.15) is 0 Å². The lowest BCUT2D eigenvalue weighted by molar-refractivity contribution is 0.685. The van der Waals surface area contributed by atoms with Gasteiger partial charge >= 0.3 is 0 Å². The van der Waals surface area contributed by atoms with E-state index in [0.717, 1.165) is 0 Å². The summed E-state index contributed by atoms with van der Waals surface area (Å²) in [6.07, 6.45) is 0. The molecule has 84 valence electrons. The molecule has 0 bridgehead atoms. The Kier molecular flexibility index (Phi) is 4.51. The van der Waals surface area contributed by atoms with Gasteiger partial charge in [-0.3, -0.25) is 4.67 Å². The van der Waals surface area contributed by atoms with Gasteiger partial charge in [-0.1, -0.05) is 50.0 Å². The van der Waals surface area contributed by atoms with E-state index in [2.05, 4.69) is 68.7 Å². The second-order valence-corrected chi connectivity index (χ2v) is 13.8. The number of benzene rings is 1. The van der Waals surface area contributed by atoms with Crippen LogP contribution in [0.1, 0.15) is 0 Å². The minimum atomic E-state index is -0.979. The van der Waals surface area contributed by atoms with Gasteiger partial charge in [0.25, 0.3) is 0 Å². The quantitative estimate of drug-likeness (QED) is 0.576. The largest absolute Gasteiger partial charge is 0.285 e. The van der Waals surface area contributed by atoms with Gasteiger partial charge in [0.2, 0.25) is 0 Å². The molecule has 1 aromatic rings. The summed E-state index contributed by atoms with van der Waals surface area (Å²) in [6.45, 7) is 7.36. The molecular formula is C12H22NPSi. The third kappa shape index (κ3) is 4.46. The SMILES string of the molecule is CN(C)P(C[Si](C)(C)C)c1ccccc1. The zero-order chi connectivity index (χ0) is 11.5. The maximum atomic E-state index is 2.45. The van der Waals surface area contributed by atoms with E-state index in [-0.39, 0.29) is 8.07 Å². The number of hydrogen-bond donors (Lipinski definition) is 0. The summed E-state index contributed by atoms with van der Waals surface area (Å²) in [4.78, 5) is 0. The monoisotopic (exact) mass is 239 g/mol. The molecule has 0 radical (unpaired) electrons. The number of rotatable bonds is 4. The molecule has 0 spiro atoms. The Morgan fingerprint density at radius 3 is 2.00 bits per heavy atom. The highest BCUT2D eigenvalue weighted by atomic mass is 31.1. The van der Waals surface area contributed by atoms with Crippen molar-refractivity contribution in [1.29, 1.82) is 0 Å². The van der Waals surface area contributed by atoms with E-state index < -0.39 is 8.07 Å². The average Bonchev–Trinajstić information content (AvgIpc) is 2.14. The molecule has 1 aromatic carbocycles. The predicted molar refractivity (Wildman–Crippen MR) is 74.9 cm³/mol. The van der Waals surface area contributed by atoms with Crippen LogP contribution < -0.4 is 5.30 Å². The Balaban J connectivity index is 2.85. The summed E-state index contributed by atoms with van der Waals surface area (Å²) in [6, 6.07) is 10.9.